The van der Waals surface area contributed by atoms with Crippen LogP contribution in [0.15, 0.2) is 0 Å². The van der Waals surface area contributed by atoms with E-state index < -0.39 is 12.1 Å². The predicted molar refractivity (Wildman–Crippen MR) is 104 cm³/mol. The van der Waals surface area contributed by atoms with Gasteiger partial charge in [-0.15, -0.1) is 0 Å². The van der Waals surface area contributed by atoms with Crippen LogP contribution in [0.2, 0.25) is 0 Å². The third-order valence-corrected chi connectivity index (χ3v) is 4.21. The normalized spacial score (nSPS) is 11.2. The van der Waals surface area contributed by atoms with E-state index in [1.165, 1.54) is 103 Å². The minimum atomic E-state index is -1.23. The van der Waals surface area contributed by atoms with Crippen LogP contribution < -0.4 is 29.6 Å². The Labute approximate surface area is 179 Å². The zero-order valence-corrected chi connectivity index (χ0v) is 19.4. The standard InChI is InChI=1S/C18H37.C3H6O3.Na/c1-3-5-7-9-11-13-15-17-18-16-14-12-10-8-6-4-2;1-2(4)3(5)6;/h1,3-18H2,2H3;2,4H,1H3,(H,5,6);/q-1;;+1. The molecule has 3 nitrogen and oxygen atoms in total. The number of aliphatic carboxylic acids is 1. The molecule has 0 spiro atoms. The van der Waals surface area contributed by atoms with Crippen molar-refractivity contribution in [1.82, 2.24) is 0 Å². The van der Waals surface area contributed by atoms with Gasteiger partial charge in [0.2, 0.25) is 0 Å². The maximum atomic E-state index is 9.45. The average molecular weight is 367 g/mol. The first-order valence-corrected chi connectivity index (χ1v) is 10.3. The van der Waals surface area contributed by atoms with E-state index in [-0.39, 0.29) is 29.6 Å². The van der Waals surface area contributed by atoms with E-state index in [0.29, 0.717) is 0 Å². The number of aliphatic hydroxyl groups excluding tert-OH is 1. The average Bonchev–Trinajstić information content (AvgIpc) is 2.55. The molecule has 0 aromatic rings. The zero-order chi connectivity index (χ0) is 18.5. The van der Waals surface area contributed by atoms with Gasteiger partial charge in [0, 0.05) is 0 Å². The number of unbranched alkanes of at least 4 members (excludes halogenated alkanes) is 15. The van der Waals surface area contributed by atoms with Gasteiger partial charge in [-0.3, -0.25) is 0 Å². The number of carbonyl (C=O) groups is 1. The molecule has 0 fully saturated rings. The summed E-state index contributed by atoms with van der Waals surface area (Å²) in [6, 6.07) is 0. The molecule has 0 bridgehead atoms. The number of hydrogen-bond donors (Lipinski definition) is 2. The Morgan fingerprint density at radius 3 is 1.20 bits per heavy atom. The quantitative estimate of drug-likeness (QED) is 0.250. The molecule has 0 aromatic carbocycles. The summed E-state index contributed by atoms with van der Waals surface area (Å²) in [5.74, 6) is -1.19. The van der Waals surface area contributed by atoms with Crippen molar-refractivity contribution in [2.75, 3.05) is 0 Å². The van der Waals surface area contributed by atoms with Crippen molar-refractivity contribution in [3.05, 3.63) is 6.92 Å². The summed E-state index contributed by atoms with van der Waals surface area (Å²) in [6.07, 6.45) is 21.6. The molecule has 146 valence electrons. The second-order valence-corrected chi connectivity index (χ2v) is 6.82. The first-order chi connectivity index (χ1) is 11.6. The van der Waals surface area contributed by atoms with Crippen LogP contribution in [-0.2, 0) is 4.79 Å². The predicted octanol–water partition coefficient (Wildman–Crippen LogP) is 3.54. The molecule has 0 aliphatic carbocycles. The van der Waals surface area contributed by atoms with Crippen molar-refractivity contribution in [2.24, 2.45) is 0 Å². The van der Waals surface area contributed by atoms with E-state index in [2.05, 4.69) is 13.8 Å². The van der Waals surface area contributed by atoms with E-state index in [0.717, 1.165) is 6.42 Å². The van der Waals surface area contributed by atoms with Crippen molar-refractivity contribution < 1.29 is 44.6 Å². The maximum absolute atomic E-state index is 9.45. The summed E-state index contributed by atoms with van der Waals surface area (Å²) < 4.78 is 0. The summed E-state index contributed by atoms with van der Waals surface area (Å²) in [5.41, 5.74) is 0. The van der Waals surface area contributed by atoms with Gasteiger partial charge in [-0.1, -0.05) is 103 Å². The van der Waals surface area contributed by atoms with E-state index in [9.17, 15) is 4.79 Å². The summed E-state index contributed by atoms with van der Waals surface area (Å²) in [4.78, 5) is 9.45. The fraction of sp³-hybridized carbons (Fsp3) is 0.905. The molecule has 0 aliphatic heterocycles. The van der Waals surface area contributed by atoms with Crippen molar-refractivity contribution in [2.45, 2.75) is 123 Å². The molecular weight excluding hydrogens is 323 g/mol. The second kappa shape index (κ2) is 26.7. The Kier molecular flexibility index (Phi) is 32.2. The van der Waals surface area contributed by atoms with Crippen molar-refractivity contribution in [3.8, 4) is 0 Å². The van der Waals surface area contributed by atoms with Crippen LogP contribution in [0.5, 0.6) is 0 Å². The van der Waals surface area contributed by atoms with Gasteiger partial charge in [-0.2, -0.15) is 6.42 Å². The topological polar surface area (TPSA) is 57.5 Å². The van der Waals surface area contributed by atoms with Gasteiger partial charge in [0.05, 0.1) is 0 Å². The molecule has 1 unspecified atom stereocenters. The zero-order valence-electron chi connectivity index (χ0n) is 17.4. The van der Waals surface area contributed by atoms with Gasteiger partial charge in [0.15, 0.2) is 0 Å². The van der Waals surface area contributed by atoms with E-state index in [4.69, 9.17) is 10.2 Å². The fourth-order valence-corrected chi connectivity index (χ4v) is 2.55. The van der Waals surface area contributed by atoms with Gasteiger partial charge in [-0.25, -0.2) is 4.79 Å². The summed E-state index contributed by atoms with van der Waals surface area (Å²) in [5, 5.41) is 15.8. The van der Waals surface area contributed by atoms with Crippen molar-refractivity contribution in [3.63, 3.8) is 0 Å². The molecule has 4 heteroatoms. The molecule has 0 aliphatic rings. The van der Waals surface area contributed by atoms with Crippen molar-refractivity contribution in [1.29, 1.82) is 0 Å². The Hall–Kier alpha value is 0.430. The molecule has 0 radical (unpaired) electrons. The van der Waals surface area contributed by atoms with Crippen LogP contribution in [0.3, 0.4) is 0 Å². The van der Waals surface area contributed by atoms with Crippen LogP contribution in [0.1, 0.15) is 117 Å². The fourth-order valence-electron chi connectivity index (χ4n) is 2.55. The van der Waals surface area contributed by atoms with Gasteiger partial charge in [0.25, 0.3) is 0 Å². The van der Waals surface area contributed by atoms with Gasteiger partial charge < -0.3 is 17.1 Å². The smallest absolute Gasteiger partial charge is 0.479 e. The first-order valence-electron chi connectivity index (χ1n) is 10.3. The van der Waals surface area contributed by atoms with Crippen LogP contribution >= 0.6 is 0 Å². The number of carboxylic acid groups (broad SMARTS) is 1. The Balaban J connectivity index is -0.000000592. The van der Waals surface area contributed by atoms with Crippen LogP contribution in [0.4, 0.5) is 0 Å². The summed E-state index contributed by atoms with van der Waals surface area (Å²) >= 11 is 0. The van der Waals surface area contributed by atoms with Crippen LogP contribution in [0.25, 0.3) is 0 Å². The minimum Gasteiger partial charge on any atom is -0.479 e. The monoisotopic (exact) mass is 366 g/mol. The molecule has 2 N–H and O–H groups in total. The number of aliphatic hydroxyl groups is 1. The Morgan fingerprint density at radius 1 is 0.760 bits per heavy atom. The molecule has 25 heavy (non-hydrogen) atoms. The summed E-state index contributed by atoms with van der Waals surface area (Å²) in [6.45, 7) is 7.37. The molecule has 0 saturated heterocycles. The largest absolute Gasteiger partial charge is 1.00 e. The Bertz CT molecular complexity index is 229. The molecule has 0 heterocycles. The van der Waals surface area contributed by atoms with Gasteiger partial charge in [0.1, 0.15) is 6.10 Å². The number of hydrogen-bond acceptors (Lipinski definition) is 2. The van der Waals surface area contributed by atoms with E-state index in [1.54, 1.807) is 0 Å². The molecular formula is C21H43NaO3. The second-order valence-electron chi connectivity index (χ2n) is 6.82. The molecule has 0 saturated carbocycles. The number of carboxylic acids is 1. The summed E-state index contributed by atoms with van der Waals surface area (Å²) in [7, 11) is 0. The maximum Gasteiger partial charge on any atom is 1.00 e. The third-order valence-electron chi connectivity index (χ3n) is 4.21. The molecule has 0 rings (SSSR count). The van der Waals surface area contributed by atoms with Crippen LogP contribution in [0, 0.1) is 6.92 Å². The van der Waals surface area contributed by atoms with E-state index in [1.807, 2.05) is 0 Å². The Morgan fingerprint density at radius 2 is 1.00 bits per heavy atom. The van der Waals surface area contributed by atoms with E-state index >= 15 is 0 Å². The number of rotatable bonds is 16. The van der Waals surface area contributed by atoms with Crippen molar-refractivity contribution >= 4 is 5.97 Å². The first kappa shape index (κ1) is 30.2. The SMILES string of the molecule is CC(O)C(=O)O.[CH2-]CCCCCCCCCCCCCCCCC.[Na+]. The van der Waals surface area contributed by atoms with Gasteiger partial charge in [-0.05, 0) is 6.92 Å². The third kappa shape index (κ3) is 32.6. The molecule has 0 amide bonds. The molecule has 1 atom stereocenters. The molecule has 0 aromatic heterocycles. The van der Waals surface area contributed by atoms with Gasteiger partial charge >= 0.3 is 35.5 Å². The van der Waals surface area contributed by atoms with Crippen LogP contribution in [-0.4, -0.2) is 22.3 Å². The minimum absolute atomic E-state index is 0.